The molecule has 2 rings (SSSR count). The maximum Gasteiger partial charge on any atom is 0.109 e. The molecule has 1 heterocycles. The van der Waals surface area contributed by atoms with Crippen molar-refractivity contribution in [1.82, 2.24) is 9.55 Å². The molecule has 3 heteroatoms. The van der Waals surface area contributed by atoms with Gasteiger partial charge in [-0.2, -0.15) is 0 Å². The van der Waals surface area contributed by atoms with Crippen LogP contribution in [0.25, 0.3) is 11.0 Å². The lowest BCUT2D eigenvalue weighted by Gasteiger charge is -2.08. The number of nitrogens with two attached hydrogens (primary N) is 1. The predicted molar refractivity (Wildman–Crippen MR) is 81.4 cm³/mol. The third-order valence-corrected chi connectivity index (χ3v) is 3.64. The topological polar surface area (TPSA) is 43.8 Å². The van der Waals surface area contributed by atoms with Crippen molar-refractivity contribution in [2.24, 2.45) is 5.73 Å². The number of nitrogens with zero attached hydrogens (tertiary/aromatic N) is 2. The normalized spacial score (nSPS) is 11.3. The first-order chi connectivity index (χ1) is 9.30. The zero-order valence-electron chi connectivity index (χ0n) is 12.2. The number of aromatic nitrogens is 2. The highest BCUT2D eigenvalue weighted by Crippen LogP contribution is 2.20. The second-order valence-electron chi connectivity index (χ2n) is 5.10. The summed E-state index contributed by atoms with van der Waals surface area (Å²) in [6.45, 7) is 6.22. The van der Waals surface area contributed by atoms with Crippen LogP contribution < -0.4 is 5.73 Å². The van der Waals surface area contributed by atoms with Crippen LogP contribution in [-0.2, 0) is 19.4 Å². The maximum absolute atomic E-state index is 5.63. The molecule has 2 N–H and O–H groups in total. The molecule has 0 spiro atoms. The van der Waals surface area contributed by atoms with Gasteiger partial charge in [0.15, 0.2) is 0 Å². The van der Waals surface area contributed by atoms with Crippen LogP contribution in [0.4, 0.5) is 0 Å². The van der Waals surface area contributed by atoms with Crippen molar-refractivity contribution >= 4 is 11.0 Å². The van der Waals surface area contributed by atoms with Gasteiger partial charge >= 0.3 is 0 Å². The van der Waals surface area contributed by atoms with Crippen molar-refractivity contribution in [1.29, 1.82) is 0 Å². The molecular weight excluding hydrogens is 234 g/mol. The van der Waals surface area contributed by atoms with E-state index in [1.165, 1.54) is 29.7 Å². The third kappa shape index (κ3) is 3.16. The summed E-state index contributed by atoms with van der Waals surface area (Å²) in [5.41, 5.74) is 9.41. The largest absolute Gasteiger partial charge is 0.330 e. The Morgan fingerprint density at radius 2 is 2.05 bits per heavy atom. The van der Waals surface area contributed by atoms with Gasteiger partial charge in [-0.3, -0.25) is 0 Å². The molecule has 1 aromatic carbocycles. The third-order valence-electron chi connectivity index (χ3n) is 3.64. The number of aryl methyl sites for hydroxylation is 3. The van der Waals surface area contributed by atoms with E-state index in [1.807, 2.05) is 0 Å². The molecule has 0 fully saturated rings. The molecule has 0 bridgehead atoms. The van der Waals surface area contributed by atoms with E-state index in [0.717, 1.165) is 37.9 Å². The Hall–Kier alpha value is -1.35. The Labute approximate surface area is 115 Å². The molecule has 0 atom stereocenters. The average Bonchev–Trinajstić information content (AvgIpc) is 2.79. The van der Waals surface area contributed by atoms with Crippen molar-refractivity contribution in [3.63, 3.8) is 0 Å². The Kier molecular flexibility index (Phi) is 4.97. The quantitative estimate of drug-likeness (QED) is 0.829. The fourth-order valence-corrected chi connectivity index (χ4v) is 2.46. The lowest BCUT2D eigenvalue weighted by atomic mass is 10.1. The average molecular weight is 259 g/mol. The molecule has 0 unspecified atom stereocenters. The molecule has 0 aliphatic heterocycles. The van der Waals surface area contributed by atoms with Gasteiger partial charge in [0.1, 0.15) is 5.82 Å². The molecule has 19 heavy (non-hydrogen) atoms. The van der Waals surface area contributed by atoms with Crippen molar-refractivity contribution in [3.05, 3.63) is 29.6 Å². The molecule has 1 aromatic heterocycles. The van der Waals surface area contributed by atoms with Gasteiger partial charge in [0.2, 0.25) is 0 Å². The summed E-state index contributed by atoms with van der Waals surface area (Å²) in [5.74, 6) is 1.20. The number of hydrogen-bond acceptors (Lipinski definition) is 2. The SMILES string of the molecule is CCCCn1c(CCCN)nc2cc(CC)ccc21. The van der Waals surface area contributed by atoms with Crippen LogP contribution in [0.5, 0.6) is 0 Å². The summed E-state index contributed by atoms with van der Waals surface area (Å²) >= 11 is 0. The van der Waals surface area contributed by atoms with E-state index < -0.39 is 0 Å². The van der Waals surface area contributed by atoms with Crippen molar-refractivity contribution in [2.45, 2.75) is 52.5 Å². The van der Waals surface area contributed by atoms with E-state index in [1.54, 1.807) is 0 Å². The van der Waals surface area contributed by atoms with Gasteiger partial charge in [-0.1, -0.05) is 26.3 Å². The predicted octanol–water partition coefficient (Wildman–Crippen LogP) is 3.29. The summed E-state index contributed by atoms with van der Waals surface area (Å²) in [5, 5.41) is 0. The van der Waals surface area contributed by atoms with Gasteiger partial charge in [0, 0.05) is 13.0 Å². The van der Waals surface area contributed by atoms with Crippen molar-refractivity contribution in [2.75, 3.05) is 6.54 Å². The van der Waals surface area contributed by atoms with Crippen LogP contribution in [0, 0.1) is 0 Å². The molecule has 0 aliphatic carbocycles. The fourth-order valence-electron chi connectivity index (χ4n) is 2.46. The molecular formula is C16H25N3. The highest BCUT2D eigenvalue weighted by Gasteiger charge is 2.10. The van der Waals surface area contributed by atoms with E-state index in [0.29, 0.717) is 0 Å². The molecule has 3 nitrogen and oxygen atoms in total. The Morgan fingerprint density at radius 1 is 1.21 bits per heavy atom. The number of rotatable bonds is 7. The van der Waals surface area contributed by atoms with Crippen LogP contribution >= 0.6 is 0 Å². The molecule has 0 amide bonds. The van der Waals surface area contributed by atoms with Crippen LogP contribution in [0.3, 0.4) is 0 Å². The van der Waals surface area contributed by atoms with Crippen LogP contribution in [0.1, 0.15) is 44.5 Å². The molecule has 104 valence electrons. The number of hydrogen-bond donors (Lipinski definition) is 1. The monoisotopic (exact) mass is 259 g/mol. The summed E-state index contributed by atoms with van der Waals surface area (Å²) in [7, 11) is 0. The Balaban J connectivity index is 2.39. The van der Waals surface area contributed by atoms with Gasteiger partial charge in [-0.25, -0.2) is 4.98 Å². The number of benzene rings is 1. The second-order valence-corrected chi connectivity index (χ2v) is 5.10. The molecule has 2 aromatic rings. The standard InChI is InChI=1S/C16H25N3/c1-3-5-11-19-15-9-8-13(4-2)12-14(15)18-16(19)7-6-10-17/h8-9,12H,3-7,10-11,17H2,1-2H3. The Bertz CT molecular complexity index is 528. The molecule has 0 aliphatic rings. The molecule has 0 radical (unpaired) electrons. The fraction of sp³-hybridized carbons (Fsp3) is 0.562. The van der Waals surface area contributed by atoms with Gasteiger partial charge < -0.3 is 10.3 Å². The lowest BCUT2D eigenvalue weighted by Crippen LogP contribution is -2.07. The zero-order chi connectivity index (χ0) is 13.7. The smallest absolute Gasteiger partial charge is 0.109 e. The number of unbranched alkanes of at least 4 members (excludes halogenated alkanes) is 1. The molecule has 0 saturated carbocycles. The second kappa shape index (κ2) is 6.71. The summed E-state index contributed by atoms with van der Waals surface area (Å²) < 4.78 is 2.38. The van der Waals surface area contributed by atoms with Crippen LogP contribution in [-0.4, -0.2) is 16.1 Å². The van der Waals surface area contributed by atoms with E-state index in [9.17, 15) is 0 Å². The van der Waals surface area contributed by atoms with Gasteiger partial charge in [-0.05, 0) is 43.5 Å². The first-order valence-electron chi connectivity index (χ1n) is 7.48. The van der Waals surface area contributed by atoms with E-state index in [-0.39, 0.29) is 0 Å². The minimum atomic E-state index is 0.733. The van der Waals surface area contributed by atoms with Gasteiger partial charge in [0.05, 0.1) is 11.0 Å². The summed E-state index contributed by atoms with van der Waals surface area (Å²) in [4.78, 5) is 4.82. The molecule has 0 saturated heterocycles. The summed E-state index contributed by atoms with van der Waals surface area (Å²) in [6.07, 6.45) is 5.47. The van der Waals surface area contributed by atoms with Crippen LogP contribution in [0.15, 0.2) is 18.2 Å². The zero-order valence-corrected chi connectivity index (χ0v) is 12.2. The van der Waals surface area contributed by atoms with E-state index >= 15 is 0 Å². The van der Waals surface area contributed by atoms with Gasteiger partial charge in [0.25, 0.3) is 0 Å². The minimum absolute atomic E-state index is 0.733. The maximum atomic E-state index is 5.63. The highest BCUT2D eigenvalue weighted by atomic mass is 15.1. The minimum Gasteiger partial charge on any atom is -0.330 e. The Morgan fingerprint density at radius 3 is 2.74 bits per heavy atom. The summed E-state index contributed by atoms with van der Waals surface area (Å²) in [6, 6.07) is 6.67. The van der Waals surface area contributed by atoms with Crippen molar-refractivity contribution < 1.29 is 0 Å². The van der Waals surface area contributed by atoms with E-state index in [4.69, 9.17) is 10.7 Å². The lowest BCUT2D eigenvalue weighted by molar-refractivity contribution is 0.607. The number of fused-ring (bicyclic) bond motifs is 1. The first-order valence-corrected chi connectivity index (χ1v) is 7.48. The first kappa shape index (κ1) is 14.1. The van der Waals surface area contributed by atoms with E-state index in [2.05, 4.69) is 36.6 Å². The number of imidazole rings is 1. The van der Waals surface area contributed by atoms with Crippen LogP contribution in [0.2, 0.25) is 0 Å². The highest BCUT2D eigenvalue weighted by molar-refractivity contribution is 5.77. The van der Waals surface area contributed by atoms with Gasteiger partial charge in [-0.15, -0.1) is 0 Å². The van der Waals surface area contributed by atoms with Crippen molar-refractivity contribution in [3.8, 4) is 0 Å².